The summed E-state index contributed by atoms with van der Waals surface area (Å²) in [6, 6.07) is 11.5. The number of nitrogens with two attached hydrogens (primary N) is 2. The van der Waals surface area contributed by atoms with Gasteiger partial charge in [0.05, 0.1) is 12.3 Å². The number of aliphatic imine (C=N–C) groups is 1. The normalized spacial score (nSPS) is 25.4. The van der Waals surface area contributed by atoms with Gasteiger partial charge in [-0.05, 0) is 37.8 Å². The number of piperazine rings is 1. The molecule has 3 aliphatic heterocycles. The van der Waals surface area contributed by atoms with Crippen molar-refractivity contribution in [2.45, 2.75) is 57.3 Å². The quantitative estimate of drug-likeness (QED) is 0.0913. The molecule has 2 bridgehead atoms. The summed E-state index contributed by atoms with van der Waals surface area (Å²) >= 11 is 0. The van der Waals surface area contributed by atoms with Crippen LogP contribution in [-0.2, 0) is 11.4 Å². The van der Waals surface area contributed by atoms with Crippen molar-refractivity contribution in [3.05, 3.63) is 84.2 Å². The van der Waals surface area contributed by atoms with Crippen molar-refractivity contribution < 1.29 is 4.84 Å². The zero-order valence-electron chi connectivity index (χ0n) is 22.8. The van der Waals surface area contributed by atoms with E-state index in [9.17, 15) is 0 Å². The maximum Gasteiger partial charge on any atom is 0.150 e. The standard InChI is InChI=1S/C29H41N9O/c1-19(12-27(35-31)23-9-10-23)33-28(30)14-29(34-21(3)32-15-26-11-20(2)36-39-26)38-18-24-13-25(38)17-37(24)16-22-7-5-4-6-8-22/h4-8,12,14,23-26,32-33,35H,1,3,9-11,13,15-18,30-31H2,2H3/b27-12-,28-14+,34-29+/t24-,25-,26?/m1/s1. The van der Waals surface area contributed by atoms with Gasteiger partial charge in [0.25, 0.3) is 0 Å². The summed E-state index contributed by atoms with van der Waals surface area (Å²) in [6.07, 6.45) is 7.96. The van der Waals surface area contributed by atoms with E-state index in [0.717, 1.165) is 62.6 Å². The highest BCUT2D eigenvalue weighted by Crippen LogP contribution is 2.35. The first kappa shape index (κ1) is 26.8. The minimum Gasteiger partial charge on any atom is -0.390 e. The fraction of sp³-hybridized carbons (Fsp3) is 0.448. The number of amidine groups is 1. The molecule has 208 valence electrons. The first-order valence-corrected chi connectivity index (χ1v) is 13.7. The summed E-state index contributed by atoms with van der Waals surface area (Å²) in [5.41, 5.74) is 13.2. The third kappa shape index (κ3) is 7.01. The van der Waals surface area contributed by atoms with Crippen molar-refractivity contribution in [3.8, 4) is 0 Å². The fourth-order valence-electron chi connectivity index (χ4n) is 5.56. The van der Waals surface area contributed by atoms with Gasteiger partial charge in [-0.3, -0.25) is 10.7 Å². The van der Waals surface area contributed by atoms with Gasteiger partial charge in [0.15, 0.2) is 0 Å². The van der Waals surface area contributed by atoms with Crippen molar-refractivity contribution in [2.24, 2.45) is 27.6 Å². The molecule has 4 aliphatic rings. The average Bonchev–Trinajstić information content (AvgIpc) is 3.37. The van der Waals surface area contributed by atoms with Crippen LogP contribution in [0.2, 0.25) is 0 Å². The Labute approximate surface area is 231 Å². The third-order valence-corrected chi connectivity index (χ3v) is 7.64. The van der Waals surface area contributed by atoms with E-state index in [0.29, 0.717) is 41.9 Å². The van der Waals surface area contributed by atoms with Crippen molar-refractivity contribution in [2.75, 3.05) is 19.6 Å². The topological polar surface area (TPSA) is 129 Å². The van der Waals surface area contributed by atoms with Crippen molar-refractivity contribution in [3.63, 3.8) is 0 Å². The lowest BCUT2D eigenvalue weighted by Gasteiger charge is -2.35. The smallest absolute Gasteiger partial charge is 0.150 e. The number of hydrogen-bond acceptors (Lipinski definition) is 9. The van der Waals surface area contributed by atoms with Crippen molar-refractivity contribution in [1.29, 1.82) is 0 Å². The van der Waals surface area contributed by atoms with Gasteiger partial charge in [-0.2, -0.15) is 0 Å². The van der Waals surface area contributed by atoms with E-state index in [1.165, 1.54) is 5.56 Å². The molecule has 0 radical (unpaired) electrons. The molecule has 1 aliphatic carbocycles. The van der Waals surface area contributed by atoms with Gasteiger partial charge in [-0.15, -0.1) is 0 Å². The molecular weight excluding hydrogens is 490 g/mol. The molecule has 10 heteroatoms. The lowest BCUT2D eigenvalue weighted by atomic mass is 10.2. The predicted octanol–water partition coefficient (Wildman–Crippen LogP) is 2.23. The van der Waals surface area contributed by atoms with E-state index < -0.39 is 0 Å². The first-order chi connectivity index (χ1) is 18.9. The van der Waals surface area contributed by atoms with Gasteiger partial charge in [0, 0.05) is 61.5 Å². The lowest BCUT2D eigenvalue weighted by Crippen LogP contribution is -2.48. The second kappa shape index (κ2) is 12.0. The monoisotopic (exact) mass is 531 g/mol. The number of nitrogens with zero attached hydrogens (tertiary/aromatic N) is 4. The predicted molar refractivity (Wildman–Crippen MR) is 156 cm³/mol. The second-order valence-corrected chi connectivity index (χ2v) is 10.9. The first-order valence-electron chi connectivity index (χ1n) is 13.7. The minimum absolute atomic E-state index is 0.0102. The summed E-state index contributed by atoms with van der Waals surface area (Å²) < 4.78 is 0. The van der Waals surface area contributed by atoms with Gasteiger partial charge in [0.1, 0.15) is 23.6 Å². The molecule has 3 atom stereocenters. The lowest BCUT2D eigenvalue weighted by molar-refractivity contribution is 0.0869. The van der Waals surface area contributed by atoms with Gasteiger partial charge < -0.3 is 31.5 Å². The van der Waals surface area contributed by atoms with E-state index in [1.807, 2.05) is 19.1 Å². The van der Waals surface area contributed by atoms with Crippen LogP contribution in [0.5, 0.6) is 0 Å². The second-order valence-electron chi connectivity index (χ2n) is 10.9. The number of nitrogens with one attached hydrogen (secondary N) is 3. The molecule has 39 heavy (non-hydrogen) atoms. The maximum absolute atomic E-state index is 6.45. The molecule has 3 heterocycles. The summed E-state index contributed by atoms with van der Waals surface area (Å²) in [6.45, 7) is 13.6. The van der Waals surface area contributed by atoms with Crippen molar-refractivity contribution >= 4 is 11.5 Å². The highest BCUT2D eigenvalue weighted by Gasteiger charge is 2.44. The Morgan fingerprint density at radius 3 is 2.62 bits per heavy atom. The molecule has 7 N–H and O–H groups in total. The Balaban J connectivity index is 1.27. The Kier molecular flexibility index (Phi) is 8.23. The Morgan fingerprint density at radius 1 is 1.18 bits per heavy atom. The third-order valence-electron chi connectivity index (χ3n) is 7.64. The Hall–Kier alpha value is -3.76. The van der Waals surface area contributed by atoms with Crippen molar-refractivity contribution in [1.82, 2.24) is 25.9 Å². The van der Waals surface area contributed by atoms with E-state index in [1.54, 1.807) is 0 Å². The number of oxime groups is 1. The Morgan fingerprint density at radius 2 is 1.97 bits per heavy atom. The largest absolute Gasteiger partial charge is 0.390 e. The molecule has 1 unspecified atom stereocenters. The zero-order valence-corrected chi connectivity index (χ0v) is 22.8. The molecule has 3 fully saturated rings. The number of rotatable bonds is 12. The molecule has 1 saturated carbocycles. The summed E-state index contributed by atoms with van der Waals surface area (Å²) in [7, 11) is 0. The highest BCUT2D eigenvalue weighted by atomic mass is 16.6. The molecule has 2 saturated heterocycles. The van der Waals surface area contributed by atoms with E-state index >= 15 is 0 Å². The van der Waals surface area contributed by atoms with E-state index in [-0.39, 0.29) is 6.10 Å². The molecule has 1 aromatic rings. The highest BCUT2D eigenvalue weighted by molar-refractivity contribution is 5.94. The van der Waals surface area contributed by atoms with Crippen LogP contribution >= 0.6 is 0 Å². The summed E-state index contributed by atoms with van der Waals surface area (Å²) in [5.74, 6) is 7.97. The van der Waals surface area contributed by atoms with E-state index in [4.69, 9.17) is 21.4 Å². The van der Waals surface area contributed by atoms with Crippen LogP contribution in [0.15, 0.2) is 88.8 Å². The van der Waals surface area contributed by atoms with E-state index in [2.05, 4.69) is 74.5 Å². The van der Waals surface area contributed by atoms with Crippen LogP contribution in [0, 0.1) is 5.92 Å². The number of hydrazine groups is 1. The molecular formula is C29H41N9O. The fourth-order valence-corrected chi connectivity index (χ4v) is 5.56. The van der Waals surface area contributed by atoms with Crippen LogP contribution in [0.1, 0.15) is 38.2 Å². The van der Waals surface area contributed by atoms with Crippen LogP contribution < -0.4 is 27.6 Å². The number of likely N-dealkylation sites (tertiary alicyclic amines) is 2. The zero-order chi connectivity index (χ0) is 27.4. The average molecular weight is 532 g/mol. The maximum atomic E-state index is 6.45. The van der Waals surface area contributed by atoms with Gasteiger partial charge in [0.2, 0.25) is 0 Å². The Bertz CT molecular complexity index is 1180. The minimum atomic E-state index is -0.0102. The molecule has 0 amide bonds. The van der Waals surface area contributed by atoms with Gasteiger partial charge >= 0.3 is 0 Å². The molecule has 0 spiro atoms. The number of hydrogen-bond donors (Lipinski definition) is 5. The van der Waals surface area contributed by atoms with Gasteiger partial charge in [-0.25, -0.2) is 4.99 Å². The number of benzene rings is 1. The van der Waals surface area contributed by atoms with Crippen LogP contribution in [0.4, 0.5) is 0 Å². The van der Waals surface area contributed by atoms with Crippen LogP contribution in [-0.4, -0.2) is 59.2 Å². The summed E-state index contributed by atoms with van der Waals surface area (Å²) in [4.78, 5) is 15.2. The summed E-state index contributed by atoms with van der Waals surface area (Å²) in [5, 5.41) is 10.5. The molecule has 1 aromatic carbocycles. The number of fused-ring (bicyclic) bond motifs is 2. The molecule has 5 rings (SSSR count). The molecule has 10 nitrogen and oxygen atoms in total. The molecule has 0 aromatic heterocycles. The number of allylic oxidation sites excluding steroid dienone is 2. The van der Waals surface area contributed by atoms with Crippen LogP contribution in [0.3, 0.4) is 0 Å². The van der Waals surface area contributed by atoms with Gasteiger partial charge in [-0.1, -0.05) is 48.6 Å². The van der Waals surface area contributed by atoms with Crippen LogP contribution in [0.25, 0.3) is 0 Å². The SMILES string of the molecule is C=C(/C=C(\NN)C1CC1)N/C(N)=C/C(=N\C(=C)NCC1CC(C)=NO1)N1C[C@H]2C[C@@H]1CN2Cc1ccccc1.